The molecule has 1 rings (SSSR count). The number of carboxylic acids is 1. The van der Waals surface area contributed by atoms with E-state index in [-0.39, 0.29) is 12.1 Å². The number of hydrogen-bond acceptors (Lipinski definition) is 4. The van der Waals surface area contributed by atoms with Gasteiger partial charge in [0.1, 0.15) is 17.1 Å². The molecule has 1 atom stereocenters. The first-order valence-corrected chi connectivity index (χ1v) is 4.68. The van der Waals surface area contributed by atoms with E-state index >= 15 is 0 Å². The quantitative estimate of drug-likeness (QED) is 0.602. The summed E-state index contributed by atoms with van der Waals surface area (Å²) >= 11 is 0. The van der Waals surface area contributed by atoms with E-state index in [1.165, 1.54) is 0 Å². The second-order valence-corrected chi connectivity index (χ2v) is 3.38. The van der Waals surface area contributed by atoms with Crippen molar-refractivity contribution in [3.05, 3.63) is 29.1 Å². The fraction of sp³-hybridized carbons (Fsp3) is 0.300. The van der Waals surface area contributed by atoms with Crippen molar-refractivity contribution in [3.63, 3.8) is 0 Å². The molecule has 16 heavy (non-hydrogen) atoms. The van der Waals surface area contributed by atoms with Crippen molar-refractivity contribution >= 4 is 5.97 Å². The van der Waals surface area contributed by atoms with Gasteiger partial charge in [-0.15, -0.1) is 0 Å². The standard InChI is InChI=1S/C10H13FN2O3/c11-5-3-6(8(13)1-2-12)9(14)7(4-5)10(15)16/h3-4,8,14H,1-2,12-13H2,(H,15,16)/t8-/m1/s1. The van der Waals surface area contributed by atoms with Gasteiger partial charge >= 0.3 is 5.97 Å². The van der Waals surface area contributed by atoms with Gasteiger partial charge in [0.15, 0.2) is 0 Å². The number of aromatic hydroxyl groups is 1. The van der Waals surface area contributed by atoms with Gasteiger partial charge in [0.05, 0.1) is 0 Å². The lowest BCUT2D eigenvalue weighted by Gasteiger charge is -2.14. The summed E-state index contributed by atoms with van der Waals surface area (Å²) in [7, 11) is 0. The molecule has 0 unspecified atom stereocenters. The highest BCUT2D eigenvalue weighted by atomic mass is 19.1. The highest BCUT2D eigenvalue weighted by Crippen LogP contribution is 2.29. The first-order chi connectivity index (χ1) is 7.47. The van der Waals surface area contributed by atoms with Crippen LogP contribution in [0.2, 0.25) is 0 Å². The Labute approximate surface area is 91.5 Å². The van der Waals surface area contributed by atoms with E-state index < -0.39 is 29.1 Å². The van der Waals surface area contributed by atoms with Gasteiger partial charge in [0.25, 0.3) is 0 Å². The summed E-state index contributed by atoms with van der Waals surface area (Å²) in [5, 5.41) is 18.3. The molecule has 1 aromatic carbocycles. The second kappa shape index (κ2) is 4.91. The molecule has 0 saturated heterocycles. The second-order valence-electron chi connectivity index (χ2n) is 3.38. The normalized spacial score (nSPS) is 12.4. The third kappa shape index (κ3) is 2.47. The van der Waals surface area contributed by atoms with E-state index in [1.54, 1.807) is 0 Å². The number of carbonyl (C=O) groups is 1. The van der Waals surface area contributed by atoms with Gasteiger partial charge in [-0.1, -0.05) is 0 Å². The lowest BCUT2D eigenvalue weighted by molar-refractivity contribution is 0.0693. The Bertz CT molecular complexity index is 409. The van der Waals surface area contributed by atoms with E-state index in [1.807, 2.05) is 0 Å². The Hall–Kier alpha value is -1.66. The molecule has 6 N–H and O–H groups in total. The topological polar surface area (TPSA) is 110 Å². The summed E-state index contributed by atoms with van der Waals surface area (Å²) in [5.41, 5.74) is 10.5. The molecule has 0 spiro atoms. The maximum atomic E-state index is 13.1. The molecule has 0 aliphatic carbocycles. The zero-order valence-electron chi connectivity index (χ0n) is 8.48. The Kier molecular flexibility index (Phi) is 3.81. The molecule has 0 bridgehead atoms. The van der Waals surface area contributed by atoms with Crippen LogP contribution in [0, 0.1) is 5.82 Å². The van der Waals surface area contributed by atoms with Gasteiger partial charge in [-0.3, -0.25) is 0 Å². The lowest BCUT2D eigenvalue weighted by Crippen LogP contribution is -2.16. The van der Waals surface area contributed by atoms with Crippen LogP contribution in [-0.2, 0) is 0 Å². The van der Waals surface area contributed by atoms with Crippen molar-refractivity contribution in [2.45, 2.75) is 12.5 Å². The molecule has 0 radical (unpaired) electrons. The van der Waals surface area contributed by atoms with Crippen molar-refractivity contribution in [1.82, 2.24) is 0 Å². The third-order valence-corrected chi connectivity index (χ3v) is 2.21. The summed E-state index contributed by atoms with van der Waals surface area (Å²) < 4.78 is 13.1. The monoisotopic (exact) mass is 228 g/mol. The van der Waals surface area contributed by atoms with Crippen LogP contribution in [0.25, 0.3) is 0 Å². The first-order valence-electron chi connectivity index (χ1n) is 4.68. The van der Waals surface area contributed by atoms with E-state index in [4.69, 9.17) is 16.6 Å². The minimum atomic E-state index is -1.40. The van der Waals surface area contributed by atoms with Gasteiger partial charge in [0.2, 0.25) is 0 Å². The third-order valence-electron chi connectivity index (χ3n) is 2.21. The zero-order valence-corrected chi connectivity index (χ0v) is 8.48. The number of halogens is 1. The van der Waals surface area contributed by atoms with Crippen LogP contribution in [0.3, 0.4) is 0 Å². The van der Waals surface area contributed by atoms with Gasteiger partial charge in [-0.2, -0.15) is 0 Å². The fourth-order valence-corrected chi connectivity index (χ4v) is 1.40. The van der Waals surface area contributed by atoms with Crippen molar-refractivity contribution in [2.24, 2.45) is 11.5 Å². The number of hydrogen-bond donors (Lipinski definition) is 4. The summed E-state index contributed by atoms with van der Waals surface area (Å²) in [6, 6.07) is 1.08. The van der Waals surface area contributed by atoms with Gasteiger partial charge in [0, 0.05) is 11.6 Å². The molecule has 0 heterocycles. The summed E-state index contributed by atoms with van der Waals surface area (Å²) in [6.45, 7) is 0.263. The SMILES string of the molecule is NCC[C@@H](N)c1cc(F)cc(C(=O)O)c1O. The van der Waals surface area contributed by atoms with Gasteiger partial charge in [-0.25, -0.2) is 9.18 Å². The van der Waals surface area contributed by atoms with Crippen LogP contribution in [0.1, 0.15) is 28.4 Å². The molecule has 0 aliphatic heterocycles. The average Bonchev–Trinajstić information content (AvgIpc) is 2.20. The van der Waals surface area contributed by atoms with Crippen molar-refractivity contribution in [2.75, 3.05) is 6.54 Å². The van der Waals surface area contributed by atoms with Gasteiger partial charge < -0.3 is 21.7 Å². The minimum absolute atomic E-state index is 0.0582. The maximum Gasteiger partial charge on any atom is 0.339 e. The lowest BCUT2D eigenvalue weighted by atomic mass is 10.00. The Morgan fingerprint density at radius 2 is 2.12 bits per heavy atom. The number of nitrogens with two attached hydrogens (primary N) is 2. The molecule has 0 fully saturated rings. The number of rotatable bonds is 4. The molecule has 5 nitrogen and oxygen atoms in total. The zero-order chi connectivity index (χ0) is 12.3. The molecule has 0 saturated carbocycles. The Balaban J connectivity index is 3.23. The highest BCUT2D eigenvalue weighted by Gasteiger charge is 2.19. The van der Waals surface area contributed by atoms with Gasteiger partial charge in [-0.05, 0) is 25.1 Å². The van der Waals surface area contributed by atoms with E-state index in [0.29, 0.717) is 6.42 Å². The van der Waals surface area contributed by atoms with E-state index in [0.717, 1.165) is 12.1 Å². The number of carboxylic acid groups (broad SMARTS) is 1. The summed E-state index contributed by atoms with van der Waals surface area (Å²) in [4.78, 5) is 10.7. The van der Waals surface area contributed by atoms with E-state index in [2.05, 4.69) is 0 Å². The van der Waals surface area contributed by atoms with E-state index in [9.17, 15) is 14.3 Å². The number of aromatic carboxylic acids is 1. The fourth-order valence-electron chi connectivity index (χ4n) is 1.40. The predicted molar refractivity (Wildman–Crippen MR) is 55.6 cm³/mol. The average molecular weight is 228 g/mol. The molecule has 0 aliphatic rings. The van der Waals surface area contributed by atoms with Crippen molar-refractivity contribution in [3.8, 4) is 5.75 Å². The molecule has 88 valence electrons. The maximum absolute atomic E-state index is 13.1. The summed E-state index contributed by atoms with van der Waals surface area (Å²) in [6.07, 6.45) is 0.329. The molecular weight excluding hydrogens is 215 g/mol. The van der Waals surface area contributed by atoms with Crippen LogP contribution in [0.15, 0.2) is 12.1 Å². The Morgan fingerprint density at radius 3 is 2.62 bits per heavy atom. The van der Waals surface area contributed by atoms with Crippen LogP contribution < -0.4 is 11.5 Å². The molecule has 0 aromatic heterocycles. The smallest absolute Gasteiger partial charge is 0.339 e. The van der Waals surface area contributed by atoms with Crippen LogP contribution in [0.5, 0.6) is 5.75 Å². The van der Waals surface area contributed by atoms with Crippen molar-refractivity contribution < 1.29 is 19.4 Å². The van der Waals surface area contributed by atoms with Crippen LogP contribution in [-0.4, -0.2) is 22.7 Å². The molecular formula is C10H13FN2O3. The largest absolute Gasteiger partial charge is 0.507 e. The number of benzene rings is 1. The van der Waals surface area contributed by atoms with Crippen LogP contribution in [0.4, 0.5) is 4.39 Å². The molecule has 1 aromatic rings. The molecule has 0 amide bonds. The number of phenols is 1. The predicted octanol–water partition coefficient (Wildman–Crippen LogP) is 0.578. The van der Waals surface area contributed by atoms with Crippen LogP contribution >= 0.6 is 0 Å². The Morgan fingerprint density at radius 1 is 1.50 bits per heavy atom. The summed E-state index contributed by atoms with van der Waals surface area (Å²) in [5.74, 6) is -2.66. The molecule has 6 heteroatoms. The van der Waals surface area contributed by atoms with Crippen molar-refractivity contribution in [1.29, 1.82) is 0 Å². The first kappa shape index (κ1) is 12.4. The highest BCUT2D eigenvalue weighted by molar-refractivity contribution is 5.91. The minimum Gasteiger partial charge on any atom is -0.507 e.